The van der Waals surface area contributed by atoms with Crippen molar-refractivity contribution in [3.63, 3.8) is 0 Å². The molecule has 0 atom stereocenters. The number of rotatable bonds is 3. The number of carbonyl (C=O) groups excluding carboxylic acids is 1. The first-order chi connectivity index (χ1) is 12.8. The lowest BCUT2D eigenvalue weighted by molar-refractivity contribution is -0.137. The Bertz CT molecular complexity index is 1090. The number of hydrogen-bond donors (Lipinski definition) is 2. The van der Waals surface area contributed by atoms with Crippen molar-refractivity contribution in [1.82, 2.24) is 4.98 Å². The van der Waals surface area contributed by atoms with Gasteiger partial charge >= 0.3 is 6.18 Å². The fourth-order valence-corrected chi connectivity index (χ4v) is 2.87. The van der Waals surface area contributed by atoms with E-state index in [1.54, 1.807) is 12.3 Å². The molecule has 0 aliphatic rings. The van der Waals surface area contributed by atoms with Gasteiger partial charge in [-0.2, -0.15) is 18.4 Å². The summed E-state index contributed by atoms with van der Waals surface area (Å²) in [6.07, 6.45) is -1.49. The van der Waals surface area contributed by atoms with Gasteiger partial charge in [-0.3, -0.25) is 4.79 Å². The SMILES string of the molecule is N#CC(=Cc1c[nH]c2ccc(Br)cc12)C(=O)Nc1cccc(C(F)(F)F)c1. The van der Waals surface area contributed by atoms with Crippen molar-refractivity contribution < 1.29 is 18.0 Å². The second-order valence-corrected chi connectivity index (χ2v) is 6.55. The van der Waals surface area contributed by atoms with Crippen molar-refractivity contribution in [2.24, 2.45) is 0 Å². The largest absolute Gasteiger partial charge is 0.416 e. The molecule has 0 unspecified atom stereocenters. The molecule has 3 aromatic rings. The molecule has 3 rings (SSSR count). The highest BCUT2D eigenvalue weighted by atomic mass is 79.9. The maximum Gasteiger partial charge on any atom is 0.416 e. The molecule has 27 heavy (non-hydrogen) atoms. The fraction of sp³-hybridized carbons (Fsp3) is 0.0526. The van der Waals surface area contributed by atoms with Gasteiger partial charge in [0, 0.05) is 32.8 Å². The van der Waals surface area contributed by atoms with Gasteiger partial charge in [-0.05, 0) is 42.5 Å². The van der Waals surface area contributed by atoms with E-state index in [9.17, 15) is 23.2 Å². The molecule has 4 nitrogen and oxygen atoms in total. The molecule has 0 spiro atoms. The van der Waals surface area contributed by atoms with Crippen LogP contribution < -0.4 is 5.32 Å². The third-order valence-electron chi connectivity index (χ3n) is 3.79. The van der Waals surface area contributed by atoms with E-state index in [0.717, 1.165) is 27.5 Å². The number of aromatic nitrogens is 1. The molecule has 1 heterocycles. The van der Waals surface area contributed by atoms with Crippen molar-refractivity contribution in [2.75, 3.05) is 5.32 Å². The van der Waals surface area contributed by atoms with Crippen LogP contribution in [0.25, 0.3) is 17.0 Å². The van der Waals surface area contributed by atoms with Gasteiger partial charge in [0.05, 0.1) is 5.56 Å². The highest BCUT2D eigenvalue weighted by molar-refractivity contribution is 9.10. The summed E-state index contributed by atoms with van der Waals surface area (Å²) in [5, 5.41) is 12.4. The van der Waals surface area contributed by atoms with Gasteiger partial charge in [0.2, 0.25) is 0 Å². The summed E-state index contributed by atoms with van der Waals surface area (Å²) < 4.78 is 39.2. The van der Waals surface area contributed by atoms with E-state index in [4.69, 9.17) is 0 Å². The van der Waals surface area contributed by atoms with Crippen LogP contribution in [-0.2, 0) is 11.0 Å². The Morgan fingerprint density at radius 1 is 1.22 bits per heavy atom. The zero-order chi connectivity index (χ0) is 19.6. The van der Waals surface area contributed by atoms with Gasteiger partial charge < -0.3 is 10.3 Å². The summed E-state index contributed by atoms with van der Waals surface area (Å²) in [6.45, 7) is 0. The Morgan fingerprint density at radius 3 is 2.70 bits per heavy atom. The quantitative estimate of drug-likeness (QED) is 0.423. The average molecular weight is 434 g/mol. The lowest BCUT2D eigenvalue weighted by Crippen LogP contribution is -2.14. The zero-order valence-electron chi connectivity index (χ0n) is 13.6. The number of anilines is 1. The molecule has 0 fully saturated rings. The van der Waals surface area contributed by atoms with Crippen molar-refractivity contribution in [1.29, 1.82) is 5.26 Å². The fourth-order valence-electron chi connectivity index (χ4n) is 2.51. The number of benzene rings is 2. The molecule has 1 aromatic heterocycles. The predicted octanol–water partition coefficient (Wildman–Crippen LogP) is 5.49. The molecule has 0 saturated carbocycles. The number of amides is 1. The van der Waals surface area contributed by atoms with E-state index in [1.165, 1.54) is 18.2 Å². The van der Waals surface area contributed by atoms with Crippen LogP contribution in [0.5, 0.6) is 0 Å². The maximum atomic E-state index is 12.8. The van der Waals surface area contributed by atoms with Gasteiger partial charge in [0.1, 0.15) is 11.6 Å². The lowest BCUT2D eigenvalue weighted by Gasteiger charge is -2.09. The Hall–Kier alpha value is -3.05. The standard InChI is InChI=1S/C19H11BrF3N3O/c20-14-4-5-17-16(8-14)12(10-25-17)6-11(9-24)18(27)26-15-3-1-2-13(7-15)19(21,22)23/h1-8,10,25H,(H,26,27). The van der Waals surface area contributed by atoms with Crippen molar-refractivity contribution in [3.05, 3.63) is 69.8 Å². The summed E-state index contributed by atoms with van der Waals surface area (Å²) in [5.41, 5.74) is 0.275. The van der Waals surface area contributed by atoms with Gasteiger partial charge in [-0.15, -0.1) is 0 Å². The van der Waals surface area contributed by atoms with Crippen LogP contribution in [0.1, 0.15) is 11.1 Å². The number of nitrogens with one attached hydrogen (secondary N) is 2. The summed E-state index contributed by atoms with van der Waals surface area (Å²) in [7, 11) is 0. The minimum atomic E-state index is -4.52. The Balaban J connectivity index is 1.89. The molecule has 0 aliphatic carbocycles. The smallest absolute Gasteiger partial charge is 0.361 e. The lowest BCUT2D eigenvalue weighted by atomic mass is 10.1. The average Bonchev–Trinajstić information content (AvgIpc) is 3.01. The van der Waals surface area contributed by atoms with Crippen molar-refractivity contribution in [2.45, 2.75) is 6.18 Å². The Kier molecular flexibility index (Phi) is 5.06. The van der Waals surface area contributed by atoms with Crippen LogP contribution in [-0.4, -0.2) is 10.9 Å². The van der Waals surface area contributed by atoms with Crippen LogP contribution in [0, 0.1) is 11.3 Å². The number of halogens is 4. The van der Waals surface area contributed by atoms with Gasteiger partial charge in [0.25, 0.3) is 5.91 Å². The second-order valence-electron chi connectivity index (χ2n) is 5.64. The van der Waals surface area contributed by atoms with E-state index in [0.29, 0.717) is 5.56 Å². The third kappa shape index (κ3) is 4.20. The normalized spacial score (nSPS) is 12.0. The van der Waals surface area contributed by atoms with Crippen molar-refractivity contribution in [3.8, 4) is 6.07 Å². The highest BCUT2D eigenvalue weighted by Crippen LogP contribution is 2.31. The van der Waals surface area contributed by atoms with E-state index in [-0.39, 0.29) is 11.3 Å². The van der Waals surface area contributed by atoms with Crippen LogP contribution in [0.2, 0.25) is 0 Å². The minimum absolute atomic E-state index is 0.0438. The number of nitrogens with zero attached hydrogens (tertiary/aromatic N) is 1. The first kappa shape index (κ1) is 18.7. The number of aromatic amines is 1. The number of nitriles is 1. The molecule has 1 amide bonds. The summed E-state index contributed by atoms with van der Waals surface area (Å²) in [5.74, 6) is -0.791. The molecule has 0 bridgehead atoms. The number of alkyl halides is 3. The van der Waals surface area contributed by atoms with E-state index in [1.807, 2.05) is 18.2 Å². The van der Waals surface area contributed by atoms with E-state index < -0.39 is 17.6 Å². The third-order valence-corrected chi connectivity index (χ3v) is 4.28. The summed E-state index contributed by atoms with van der Waals surface area (Å²) in [6, 6.07) is 11.5. The number of carbonyl (C=O) groups is 1. The first-order valence-corrected chi connectivity index (χ1v) is 8.44. The molecule has 0 radical (unpaired) electrons. The number of H-pyrrole nitrogens is 1. The number of hydrogen-bond acceptors (Lipinski definition) is 2. The minimum Gasteiger partial charge on any atom is -0.361 e. The molecule has 0 saturated heterocycles. The molecule has 136 valence electrons. The predicted molar refractivity (Wildman–Crippen MR) is 99.7 cm³/mol. The second kappa shape index (κ2) is 7.29. The van der Waals surface area contributed by atoms with Crippen LogP contribution >= 0.6 is 15.9 Å². The molecule has 2 aromatic carbocycles. The van der Waals surface area contributed by atoms with Gasteiger partial charge in [-0.25, -0.2) is 0 Å². The zero-order valence-corrected chi connectivity index (χ0v) is 15.1. The molecule has 8 heteroatoms. The highest BCUT2D eigenvalue weighted by Gasteiger charge is 2.30. The Morgan fingerprint density at radius 2 is 2.00 bits per heavy atom. The molecular weight excluding hydrogens is 423 g/mol. The topological polar surface area (TPSA) is 68.7 Å². The molecule has 2 N–H and O–H groups in total. The first-order valence-electron chi connectivity index (χ1n) is 7.65. The van der Waals surface area contributed by atoms with Crippen LogP contribution in [0.15, 0.2) is 58.7 Å². The van der Waals surface area contributed by atoms with Crippen LogP contribution in [0.3, 0.4) is 0 Å². The van der Waals surface area contributed by atoms with Gasteiger partial charge in [0.15, 0.2) is 0 Å². The van der Waals surface area contributed by atoms with Gasteiger partial charge in [-0.1, -0.05) is 22.0 Å². The molecular formula is C19H11BrF3N3O. The maximum absolute atomic E-state index is 12.8. The monoisotopic (exact) mass is 433 g/mol. The summed E-state index contributed by atoms with van der Waals surface area (Å²) >= 11 is 3.36. The van der Waals surface area contributed by atoms with Crippen molar-refractivity contribution >= 4 is 44.5 Å². The Labute approximate surface area is 160 Å². The summed E-state index contributed by atoms with van der Waals surface area (Å²) in [4.78, 5) is 15.4. The molecule has 0 aliphatic heterocycles. The number of fused-ring (bicyclic) bond motifs is 1. The van der Waals surface area contributed by atoms with E-state index in [2.05, 4.69) is 26.2 Å². The van der Waals surface area contributed by atoms with Crippen LogP contribution in [0.4, 0.5) is 18.9 Å². The van der Waals surface area contributed by atoms with E-state index >= 15 is 0 Å².